The van der Waals surface area contributed by atoms with E-state index in [4.69, 9.17) is 14.6 Å². The third-order valence-electron chi connectivity index (χ3n) is 1.90. The van der Waals surface area contributed by atoms with Crippen molar-refractivity contribution in [1.82, 2.24) is 0 Å². The van der Waals surface area contributed by atoms with Crippen LogP contribution in [0, 0.1) is 17.7 Å². The van der Waals surface area contributed by atoms with Gasteiger partial charge in [0, 0.05) is 25.2 Å². The van der Waals surface area contributed by atoms with Gasteiger partial charge in [0.25, 0.3) is 0 Å². The Bertz CT molecular complexity index is 407. The number of halogens is 1. The summed E-state index contributed by atoms with van der Waals surface area (Å²) in [5.41, 5.74) is 0.533. The van der Waals surface area contributed by atoms with E-state index in [1.54, 1.807) is 13.2 Å². The third-order valence-corrected chi connectivity index (χ3v) is 1.90. The van der Waals surface area contributed by atoms with Gasteiger partial charge in [-0.15, -0.1) is 0 Å². The van der Waals surface area contributed by atoms with Crippen LogP contribution in [0.2, 0.25) is 0 Å². The molecule has 0 bridgehead atoms. The fraction of sp³-hybridized carbons (Fsp3) is 0.385. The van der Waals surface area contributed by atoms with E-state index in [1.807, 2.05) is 0 Å². The normalized spacial score (nSPS) is 9.59. The number of hydrogen-bond donors (Lipinski definition) is 1. The van der Waals surface area contributed by atoms with Gasteiger partial charge in [-0.05, 0) is 12.1 Å². The highest BCUT2D eigenvalue weighted by atomic mass is 19.1. The summed E-state index contributed by atoms with van der Waals surface area (Å²) < 4.78 is 23.3. The van der Waals surface area contributed by atoms with Crippen LogP contribution in [0.15, 0.2) is 18.2 Å². The number of aliphatic hydroxyl groups is 1. The zero-order valence-electron chi connectivity index (χ0n) is 9.70. The Labute approximate surface area is 100 Å². The molecule has 0 saturated heterocycles. The van der Waals surface area contributed by atoms with Crippen molar-refractivity contribution < 1.29 is 19.0 Å². The minimum atomic E-state index is -0.395. The van der Waals surface area contributed by atoms with Crippen molar-refractivity contribution in [3.05, 3.63) is 29.6 Å². The van der Waals surface area contributed by atoms with Gasteiger partial charge in [0.05, 0.1) is 13.2 Å². The Hall–Kier alpha value is -1.57. The first kappa shape index (κ1) is 13.5. The molecule has 0 heterocycles. The molecule has 3 nitrogen and oxygen atoms in total. The summed E-state index contributed by atoms with van der Waals surface area (Å²) in [7, 11) is 1.57. The predicted molar refractivity (Wildman–Crippen MR) is 62.4 cm³/mol. The molecule has 1 N–H and O–H groups in total. The van der Waals surface area contributed by atoms with E-state index in [1.165, 1.54) is 12.1 Å². The van der Waals surface area contributed by atoms with Crippen molar-refractivity contribution >= 4 is 0 Å². The average Bonchev–Trinajstić information content (AvgIpc) is 2.29. The summed E-state index contributed by atoms with van der Waals surface area (Å²) >= 11 is 0. The van der Waals surface area contributed by atoms with Crippen molar-refractivity contribution in [2.75, 3.05) is 26.9 Å². The maximum absolute atomic E-state index is 13.2. The second kappa shape index (κ2) is 7.66. The van der Waals surface area contributed by atoms with Crippen molar-refractivity contribution in [1.29, 1.82) is 0 Å². The monoisotopic (exact) mass is 238 g/mol. The van der Waals surface area contributed by atoms with E-state index in [-0.39, 0.29) is 6.61 Å². The minimum Gasteiger partial charge on any atom is -0.491 e. The summed E-state index contributed by atoms with van der Waals surface area (Å²) in [5, 5.41) is 8.58. The van der Waals surface area contributed by atoms with Gasteiger partial charge in [0.15, 0.2) is 0 Å². The van der Waals surface area contributed by atoms with Crippen molar-refractivity contribution in [2.24, 2.45) is 0 Å². The first-order valence-electron chi connectivity index (χ1n) is 5.28. The van der Waals surface area contributed by atoms with Gasteiger partial charge in [0.2, 0.25) is 0 Å². The average molecular weight is 238 g/mol. The van der Waals surface area contributed by atoms with Crippen LogP contribution in [0.25, 0.3) is 0 Å². The largest absolute Gasteiger partial charge is 0.491 e. The zero-order valence-corrected chi connectivity index (χ0v) is 9.70. The Kier molecular flexibility index (Phi) is 6.08. The molecular formula is C13H15FO3. The smallest absolute Gasteiger partial charge is 0.128 e. The lowest BCUT2D eigenvalue weighted by atomic mass is 10.2. The highest BCUT2D eigenvalue weighted by Crippen LogP contribution is 2.15. The summed E-state index contributed by atoms with van der Waals surface area (Å²) in [6.45, 7) is 0.811. The van der Waals surface area contributed by atoms with Crippen molar-refractivity contribution in [3.63, 3.8) is 0 Å². The molecule has 1 rings (SSSR count). The Morgan fingerprint density at radius 1 is 1.29 bits per heavy atom. The van der Waals surface area contributed by atoms with Crippen molar-refractivity contribution in [3.8, 4) is 17.6 Å². The van der Waals surface area contributed by atoms with Gasteiger partial charge in [-0.1, -0.05) is 11.8 Å². The maximum Gasteiger partial charge on any atom is 0.128 e. The highest BCUT2D eigenvalue weighted by molar-refractivity contribution is 5.40. The van der Waals surface area contributed by atoms with Crippen LogP contribution in [-0.4, -0.2) is 32.0 Å². The van der Waals surface area contributed by atoms with E-state index in [2.05, 4.69) is 11.8 Å². The lowest BCUT2D eigenvalue weighted by Gasteiger charge is -2.05. The van der Waals surface area contributed by atoms with Gasteiger partial charge >= 0.3 is 0 Å². The SMILES string of the molecule is COCCOc1cc(F)cc(C#CCCO)c1. The van der Waals surface area contributed by atoms with E-state index in [0.717, 1.165) is 0 Å². The molecule has 92 valence electrons. The lowest BCUT2D eigenvalue weighted by molar-refractivity contribution is 0.146. The van der Waals surface area contributed by atoms with Gasteiger partial charge in [0.1, 0.15) is 18.2 Å². The number of benzene rings is 1. The molecule has 0 aliphatic rings. The Morgan fingerprint density at radius 3 is 2.82 bits per heavy atom. The fourth-order valence-electron chi connectivity index (χ4n) is 1.18. The summed E-state index contributed by atoms with van der Waals surface area (Å²) in [6, 6.07) is 4.28. The second-order valence-corrected chi connectivity index (χ2v) is 3.29. The van der Waals surface area contributed by atoms with Crippen LogP contribution in [0.5, 0.6) is 5.75 Å². The van der Waals surface area contributed by atoms with Gasteiger partial charge in [-0.2, -0.15) is 0 Å². The maximum atomic E-state index is 13.2. The number of rotatable bonds is 5. The second-order valence-electron chi connectivity index (χ2n) is 3.29. The van der Waals surface area contributed by atoms with Crippen LogP contribution in [-0.2, 0) is 4.74 Å². The van der Waals surface area contributed by atoms with Crippen LogP contribution in [0.4, 0.5) is 4.39 Å². The van der Waals surface area contributed by atoms with E-state index < -0.39 is 5.82 Å². The molecule has 0 spiro atoms. The van der Waals surface area contributed by atoms with Gasteiger partial charge in [-0.3, -0.25) is 0 Å². The zero-order chi connectivity index (χ0) is 12.5. The van der Waals surface area contributed by atoms with Gasteiger partial charge < -0.3 is 14.6 Å². The molecule has 0 aliphatic heterocycles. The third kappa shape index (κ3) is 5.34. The topological polar surface area (TPSA) is 38.7 Å². The standard InChI is InChI=1S/C13H15FO3/c1-16-6-7-17-13-9-11(4-2-3-5-15)8-12(14)10-13/h8-10,15H,3,5-7H2,1H3. The molecule has 1 aromatic rings. The Morgan fingerprint density at radius 2 is 2.12 bits per heavy atom. The first-order chi connectivity index (χ1) is 8.26. The quantitative estimate of drug-likeness (QED) is 0.625. The molecule has 0 atom stereocenters. The lowest BCUT2D eigenvalue weighted by Crippen LogP contribution is -2.04. The highest BCUT2D eigenvalue weighted by Gasteiger charge is 2.00. The predicted octanol–water partition coefficient (Wildman–Crippen LogP) is 1.58. The number of methoxy groups -OCH3 is 1. The van der Waals surface area contributed by atoms with Crippen LogP contribution in [0.3, 0.4) is 0 Å². The Balaban J connectivity index is 2.69. The molecular weight excluding hydrogens is 223 g/mol. The fourth-order valence-corrected chi connectivity index (χ4v) is 1.18. The molecule has 0 amide bonds. The van der Waals surface area contributed by atoms with E-state index in [0.29, 0.717) is 30.9 Å². The molecule has 0 saturated carbocycles. The summed E-state index contributed by atoms with van der Waals surface area (Å²) in [6.07, 6.45) is 0.371. The molecule has 0 radical (unpaired) electrons. The molecule has 0 fully saturated rings. The van der Waals surface area contributed by atoms with E-state index in [9.17, 15) is 4.39 Å². The molecule has 0 aliphatic carbocycles. The number of ether oxygens (including phenoxy) is 2. The first-order valence-corrected chi connectivity index (χ1v) is 5.28. The number of hydrogen-bond acceptors (Lipinski definition) is 3. The van der Waals surface area contributed by atoms with E-state index >= 15 is 0 Å². The summed E-state index contributed by atoms with van der Waals surface area (Å²) in [5.74, 6) is 5.51. The van der Waals surface area contributed by atoms with Crippen LogP contribution >= 0.6 is 0 Å². The molecule has 0 aromatic heterocycles. The minimum absolute atomic E-state index is 0.000484. The van der Waals surface area contributed by atoms with Crippen LogP contribution < -0.4 is 4.74 Å². The van der Waals surface area contributed by atoms with Crippen molar-refractivity contribution in [2.45, 2.75) is 6.42 Å². The molecule has 17 heavy (non-hydrogen) atoms. The van der Waals surface area contributed by atoms with Gasteiger partial charge in [-0.25, -0.2) is 4.39 Å². The number of aliphatic hydroxyl groups excluding tert-OH is 1. The molecule has 4 heteroatoms. The molecule has 1 aromatic carbocycles. The van der Waals surface area contributed by atoms with Crippen LogP contribution in [0.1, 0.15) is 12.0 Å². The summed E-state index contributed by atoms with van der Waals surface area (Å²) in [4.78, 5) is 0. The molecule has 0 unspecified atom stereocenters.